The van der Waals surface area contributed by atoms with Crippen LogP contribution in [0, 0.1) is 0 Å². The van der Waals surface area contributed by atoms with Crippen molar-refractivity contribution in [2.24, 2.45) is 0 Å². The summed E-state index contributed by atoms with van der Waals surface area (Å²) in [6, 6.07) is 21.0. The number of aromatic nitrogens is 2. The van der Waals surface area contributed by atoms with E-state index in [0.29, 0.717) is 28.0 Å². The number of hydrogen-bond donors (Lipinski definition) is 0. The van der Waals surface area contributed by atoms with Gasteiger partial charge >= 0.3 is 5.97 Å². The first kappa shape index (κ1) is 30.6. The molecule has 0 radical (unpaired) electrons. The van der Waals surface area contributed by atoms with E-state index < -0.39 is 5.97 Å². The number of hydrogen-bond acceptors (Lipinski definition) is 7. The molecule has 2 fully saturated rings. The van der Waals surface area contributed by atoms with Gasteiger partial charge in [0.2, 0.25) is 0 Å². The summed E-state index contributed by atoms with van der Waals surface area (Å²) >= 11 is 0. The van der Waals surface area contributed by atoms with Gasteiger partial charge in [-0.1, -0.05) is 38.5 Å². The molecule has 1 amide bonds. The Morgan fingerprint density at radius 3 is 1.64 bits per heavy atom. The third kappa shape index (κ3) is 6.95. The summed E-state index contributed by atoms with van der Waals surface area (Å²) in [6.07, 6.45) is 11.2. The van der Waals surface area contributed by atoms with E-state index in [1.165, 1.54) is 12.8 Å². The average molecular weight is 608 g/mol. The van der Waals surface area contributed by atoms with Gasteiger partial charge in [0.15, 0.2) is 6.61 Å². The van der Waals surface area contributed by atoms with Gasteiger partial charge in [0, 0.05) is 23.2 Å². The summed E-state index contributed by atoms with van der Waals surface area (Å²) in [6.45, 7) is -0.247. The van der Waals surface area contributed by atoms with Crippen LogP contribution in [0.25, 0.3) is 33.5 Å². The van der Waals surface area contributed by atoms with Crippen molar-refractivity contribution < 1.29 is 23.8 Å². The van der Waals surface area contributed by atoms with Crippen LogP contribution in [0.15, 0.2) is 66.7 Å². The highest BCUT2D eigenvalue weighted by molar-refractivity contribution is 5.96. The number of carbonyl (C=O) groups is 2. The second-order valence-corrected chi connectivity index (χ2v) is 12.0. The molecule has 8 heteroatoms. The van der Waals surface area contributed by atoms with Crippen molar-refractivity contribution >= 4 is 22.9 Å². The summed E-state index contributed by atoms with van der Waals surface area (Å²) < 4.78 is 16.3. The predicted octanol–water partition coefficient (Wildman–Crippen LogP) is 7.63. The van der Waals surface area contributed by atoms with E-state index in [9.17, 15) is 9.59 Å². The number of esters is 1. The lowest BCUT2D eigenvalue weighted by atomic mass is 9.88. The fraction of sp³-hybridized carbons (Fsp3) is 0.405. The van der Waals surface area contributed by atoms with Crippen molar-refractivity contribution in [3.05, 3.63) is 72.3 Å². The maximum absolute atomic E-state index is 13.6. The molecule has 0 spiro atoms. The fourth-order valence-electron chi connectivity index (χ4n) is 6.79. The Labute approximate surface area is 264 Å². The van der Waals surface area contributed by atoms with E-state index in [1.54, 1.807) is 32.4 Å². The van der Waals surface area contributed by atoms with Gasteiger partial charge in [-0.25, -0.2) is 14.8 Å². The molecule has 6 rings (SSSR count). The first-order chi connectivity index (χ1) is 22.0. The highest BCUT2D eigenvalue weighted by Crippen LogP contribution is 2.34. The van der Waals surface area contributed by atoms with E-state index in [2.05, 4.69) is 4.90 Å². The number of amides is 1. The molecule has 45 heavy (non-hydrogen) atoms. The van der Waals surface area contributed by atoms with Gasteiger partial charge in [-0.3, -0.25) is 4.79 Å². The van der Waals surface area contributed by atoms with Crippen LogP contribution >= 0.6 is 0 Å². The van der Waals surface area contributed by atoms with Gasteiger partial charge in [-0.05, 0) is 92.4 Å². The second-order valence-electron chi connectivity index (χ2n) is 12.0. The summed E-state index contributed by atoms with van der Waals surface area (Å²) in [5.41, 5.74) is 4.67. The highest BCUT2D eigenvalue weighted by Gasteiger charge is 2.33. The smallest absolute Gasteiger partial charge is 0.338 e. The van der Waals surface area contributed by atoms with E-state index in [1.807, 2.05) is 48.5 Å². The minimum Gasteiger partial charge on any atom is -0.497 e. The molecule has 0 saturated heterocycles. The minimum atomic E-state index is -0.537. The minimum absolute atomic E-state index is 0.0753. The monoisotopic (exact) mass is 607 g/mol. The second kappa shape index (κ2) is 14.1. The molecule has 0 aliphatic heterocycles. The zero-order chi connectivity index (χ0) is 31.2. The lowest BCUT2D eigenvalue weighted by Gasteiger charge is -2.41. The number of benzene rings is 3. The summed E-state index contributed by atoms with van der Waals surface area (Å²) in [7, 11) is 3.26. The normalized spacial score (nSPS) is 15.9. The standard InChI is InChI=1S/C37H41N3O5/c1-43-30-18-13-25(14-19-30)35-36(26-15-20-31(44-2)21-16-26)39-33-23-27(17-22-32(33)38-35)37(42)45-24-34(41)40(28-9-5-3-6-10-28)29-11-7-4-8-12-29/h13-23,28-29H,3-12,24H2,1-2H3. The molecule has 2 aliphatic rings. The maximum Gasteiger partial charge on any atom is 0.338 e. The van der Waals surface area contributed by atoms with Crippen LogP contribution in [0.3, 0.4) is 0 Å². The van der Waals surface area contributed by atoms with Crippen molar-refractivity contribution in [3.63, 3.8) is 0 Å². The van der Waals surface area contributed by atoms with Gasteiger partial charge in [-0.2, -0.15) is 0 Å². The summed E-state index contributed by atoms with van der Waals surface area (Å²) in [5.74, 6) is 0.877. The van der Waals surface area contributed by atoms with E-state index in [4.69, 9.17) is 24.2 Å². The van der Waals surface area contributed by atoms with Crippen molar-refractivity contribution in [1.82, 2.24) is 14.9 Å². The number of fused-ring (bicyclic) bond motifs is 1. The van der Waals surface area contributed by atoms with E-state index >= 15 is 0 Å². The lowest BCUT2D eigenvalue weighted by molar-refractivity contribution is -0.141. The quantitative estimate of drug-likeness (QED) is 0.181. The van der Waals surface area contributed by atoms with Crippen LogP contribution in [-0.2, 0) is 9.53 Å². The molecule has 4 aromatic rings. The first-order valence-electron chi connectivity index (χ1n) is 16.1. The van der Waals surface area contributed by atoms with Crippen LogP contribution in [0.1, 0.15) is 74.6 Å². The Bertz CT molecular complexity index is 1610. The number of nitrogens with zero attached hydrogens (tertiary/aromatic N) is 3. The molecule has 0 N–H and O–H groups in total. The van der Waals surface area contributed by atoms with Crippen molar-refractivity contribution in [2.45, 2.75) is 76.3 Å². The molecule has 8 nitrogen and oxygen atoms in total. The Balaban J connectivity index is 1.26. The SMILES string of the molecule is COc1ccc(-c2nc3ccc(C(=O)OCC(=O)N(C4CCCCC4)C4CCCCC4)cc3nc2-c2ccc(OC)cc2)cc1. The molecular formula is C37H41N3O5. The number of methoxy groups -OCH3 is 2. The van der Waals surface area contributed by atoms with Crippen LogP contribution in [-0.4, -0.2) is 59.7 Å². The summed E-state index contributed by atoms with van der Waals surface area (Å²) in [5, 5.41) is 0. The summed E-state index contributed by atoms with van der Waals surface area (Å²) in [4.78, 5) is 38.9. The number of carbonyl (C=O) groups excluding carboxylic acids is 2. The Morgan fingerprint density at radius 2 is 1.16 bits per heavy atom. The molecule has 1 heterocycles. The van der Waals surface area contributed by atoms with Crippen LogP contribution in [0.5, 0.6) is 11.5 Å². The Morgan fingerprint density at radius 1 is 0.667 bits per heavy atom. The number of ether oxygens (including phenoxy) is 3. The third-order valence-corrected chi connectivity index (χ3v) is 9.18. The lowest BCUT2D eigenvalue weighted by Crippen LogP contribution is -2.50. The van der Waals surface area contributed by atoms with Crippen molar-refractivity contribution in [1.29, 1.82) is 0 Å². The maximum atomic E-state index is 13.6. The largest absolute Gasteiger partial charge is 0.497 e. The van der Waals surface area contributed by atoms with Gasteiger partial charge in [0.05, 0.1) is 42.2 Å². The fourth-order valence-corrected chi connectivity index (χ4v) is 6.79. The van der Waals surface area contributed by atoms with E-state index in [0.717, 1.165) is 74.0 Å². The van der Waals surface area contributed by atoms with Gasteiger partial charge in [0.25, 0.3) is 5.91 Å². The van der Waals surface area contributed by atoms with E-state index in [-0.39, 0.29) is 24.6 Å². The van der Waals surface area contributed by atoms with Crippen LogP contribution in [0.2, 0.25) is 0 Å². The number of rotatable bonds is 9. The van der Waals surface area contributed by atoms with Gasteiger partial charge in [0.1, 0.15) is 11.5 Å². The van der Waals surface area contributed by atoms with Gasteiger partial charge < -0.3 is 19.1 Å². The third-order valence-electron chi connectivity index (χ3n) is 9.18. The van der Waals surface area contributed by atoms with Gasteiger partial charge in [-0.15, -0.1) is 0 Å². The molecule has 0 unspecified atom stereocenters. The predicted molar refractivity (Wildman–Crippen MR) is 174 cm³/mol. The topological polar surface area (TPSA) is 90.9 Å². The molecule has 2 saturated carbocycles. The van der Waals surface area contributed by atoms with Crippen molar-refractivity contribution in [2.75, 3.05) is 20.8 Å². The molecule has 234 valence electrons. The molecular weight excluding hydrogens is 566 g/mol. The van der Waals surface area contributed by atoms with Crippen molar-refractivity contribution in [3.8, 4) is 34.0 Å². The van der Waals surface area contributed by atoms with Crippen LogP contribution in [0.4, 0.5) is 0 Å². The zero-order valence-electron chi connectivity index (χ0n) is 26.2. The molecule has 0 atom stereocenters. The Hall–Kier alpha value is -4.46. The molecule has 0 bridgehead atoms. The molecule has 2 aliphatic carbocycles. The molecule has 3 aromatic carbocycles. The zero-order valence-corrected chi connectivity index (χ0v) is 26.2. The Kier molecular flexibility index (Phi) is 9.58. The highest BCUT2D eigenvalue weighted by atomic mass is 16.5. The average Bonchev–Trinajstić information content (AvgIpc) is 3.11. The first-order valence-corrected chi connectivity index (χ1v) is 16.1. The molecule has 1 aromatic heterocycles. The van der Waals surface area contributed by atoms with Crippen LogP contribution < -0.4 is 9.47 Å².